The van der Waals surface area contributed by atoms with E-state index in [2.05, 4.69) is 17.1 Å². The van der Waals surface area contributed by atoms with Crippen LogP contribution in [0.5, 0.6) is 0 Å². The first-order valence-corrected chi connectivity index (χ1v) is 10.5. The van der Waals surface area contributed by atoms with Crippen LogP contribution in [0.1, 0.15) is 18.9 Å². The van der Waals surface area contributed by atoms with Crippen LogP contribution in [-0.2, 0) is 21.1 Å². The first-order valence-electron chi connectivity index (χ1n) is 7.77. The smallest absolute Gasteiger partial charge is 0.247 e. The van der Waals surface area contributed by atoms with Gasteiger partial charge < -0.3 is 4.90 Å². The monoisotopic (exact) mass is 352 g/mol. The van der Waals surface area contributed by atoms with Crippen molar-refractivity contribution in [1.82, 2.24) is 4.90 Å². The quantitative estimate of drug-likeness (QED) is 0.826. The Hall–Kier alpha value is -1.34. The van der Waals surface area contributed by atoms with E-state index in [-0.39, 0.29) is 28.7 Å². The lowest BCUT2D eigenvalue weighted by Crippen LogP contribution is -2.39. The summed E-state index contributed by atoms with van der Waals surface area (Å²) < 4.78 is 23.8. The molecule has 1 amide bonds. The average Bonchev–Trinajstić information content (AvgIpc) is 2.97. The molecule has 0 saturated carbocycles. The zero-order valence-corrected chi connectivity index (χ0v) is 14.6. The summed E-state index contributed by atoms with van der Waals surface area (Å²) in [6.45, 7) is 2.47. The molecule has 2 aliphatic rings. The van der Waals surface area contributed by atoms with E-state index in [0.29, 0.717) is 18.1 Å². The highest BCUT2D eigenvalue weighted by molar-refractivity contribution is 8.15. The molecule has 2 aliphatic heterocycles. The van der Waals surface area contributed by atoms with Gasteiger partial charge in [-0.25, -0.2) is 8.42 Å². The molecule has 0 unspecified atom stereocenters. The fourth-order valence-electron chi connectivity index (χ4n) is 2.98. The number of rotatable bonds is 4. The van der Waals surface area contributed by atoms with Gasteiger partial charge in [-0.05, 0) is 12.0 Å². The van der Waals surface area contributed by atoms with Gasteiger partial charge in [0.25, 0.3) is 0 Å². The molecule has 2 saturated heterocycles. The van der Waals surface area contributed by atoms with E-state index in [9.17, 15) is 13.2 Å². The molecule has 2 fully saturated rings. The minimum atomic E-state index is -2.98. The summed E-state index contributed by atoms with van der Waals surface area (Å²) in [6, 6.07) is 10.0. The molecule has 0 aromatic heterocycles. The Morgan fingerprint density at radius 3 is 2.74 bits per heavy atom. The van der Waals surface area contributed by atoms with E-state index >= 15 is 0 Å². The molecule has 1 aromatic rings. The number of amides is 1. The molecule has 23 heavy (non-hydrogen) atoms. The minimum Gasteiger partial charge on any atom is -0.346 e. The van der Waals surface area contributed by atoms with Gasteiger partial charge in [-0.3, -0.25) is 4.79 Å². The highest BCUT2D eigenvalue weighted by atomic mass is 32.2. The molecule has 0 radical (unpaired) electrons. The Bertz CT molecular complexity index is 716. The van der Waals surface area contributed by atoms with Gasteiger partial charge in [-0.2, -0.15) is 4.99 Å². The number of aliphatic imine (C=N–C) groups is 1. The second-order valence-corrected chi connectivity index (χ2v) is 9.23. The molecule has 2 atom stereocenters. The SMILES string of the molecule is CCC(=O)N=C1S[C@H]2CS(=O)(=O)C[C@H]2N1CCc1ccccc1. The summed E-state index contributed by atoms with van der Waals surface area (Å²) in [5.41, 5.74) is 1.20. The van der Waals surface area contributed by atoms with Crippen LogP contribution in [0.25, 0.3) is 0 Å². The molecule has 7 heteroatoms. The summed E-state index contributed by atoms with van der Waals surface area (Å²) in [4.78, 5) is 17.9. The van der Waals surface area contributed by atoms with Gasteiger partial charge in [0.15, 0.2) is 15.0 Å². The van der Waals surface area contributed by atoms with Crippen molar-refractivity contribution in [2.75, 3.05) is 18.1 Å². The largest absolute Gasteiger partial charge is 0.346 e. The van der Waals surface area contributed by atoms with Crippen molar-refractivity contribution in [1.29, 1.82) is 0 Å². The molecule has 3 rings (SSSR count). The molecule has 0 spiro atoms. The van der Waals surface area contributed by atoms with Gasteiger partial charge in [-0.1, -0.05) is 49.0 Å². The fraction of sp³-hybridized carbons (Fsp3) is 0.500. The van der Waals surface area contributed by atoms with Crippen molar-refractivity contribution in [2.45, 2.75) is 31.1 Å². The lowest BCUT2D eigenvalue weighted by atomic mass is 10.1. The molecule has 0 bridgehead atoms. The second-order valence-electron chi connectivity index (χ2n) is 5.87. The van der Waals surface area contributed by atoms with Crippen LogP contribution in [0, 0.1) is 0 Å². The summed E-state index contributed by atoms with van der Waals surface area (Å²) in [6.07, 6.45) is 1.17. The van der Waals surface area contributed by atoms with Crippen molar-refractivity contribution in [3.8, 4) is 0 Å². The lowest BCUT2D eigenvalue weighted by Gasteiger charge is -2.24. The Kier molecular flexibility index (Phi) is 4.77. The fourth-order valence-corrected chi connectivity index (χ4v) is 6.97. The van der Waals surface area contributed by atoms with E-state index in [1.807, 2.05) is 23.1 Å². The van der Waals surface area contributed by atoms with Gasteiger partial charge in [0.2, 0.25) is 5.91 Å². The number of nitrogens with zero attached hydrogens (tertiary/aromatic N) is 2. The molecular formula is C16H20N2O3S2. The molecule has 0 aliphatic carbocycles. The number of sulfone groups is 1. The van der Waals surface area contributed by atoms with E-state index < -0.39 is 9.84 Å². The standard InChI is InChI=1S/C16H20N2O3S2/c1-2-15(19)17-16-18(9-8-12-6-4-3-5-7-12)13-10-23(20,21)11-14(13)22-16/h3-7,13-14H,2,8-11H2,1H3/t13-,14+/m1/s1. The Labute approximate surface area is 141 Å². The summed E-state index contributed by atoms with van der Waals surface area (Å²) in [5.74, 6) is 0.197. The zero-order valence-electron chi connectivity index (χ0n) is 13.0. The number of carbonyl (C=O) groups excluding carboxylic acids is 1. The highest BCUT2D eigenvalue weighted by Gasteiger charge is 2.48. The van der Waals surface area contributed by atoms with Crippen molar-refractivity contribution < 1.29 is 13.2 Å². The number of fused-ring (bicyclic) bond motifs is 1. The maximum atomic E-state index is 11.9. The number of amidine groups is 1. The molecule has 2 heterocycles. The van der Waals surface area contributed by atoms with Crippen LogP contribution in [0.15, 0.2) is 35.3 Å². The minimum absolute atomic E-state index is 0.000760. The average molecular weight is 352 g/mol. The van der Waals surface area contributed by atoms with E-state index in [1.54, 1.807) is 6.92 Å². The van der Waals surface area contributed by atoms with Crippen molar-refractivity contribution >= 4 is 32.7 Å². The van der Waals surface area contributed by atoms with Gasteiger partial charge in [-0.15, -0.1) is 0 Å². The number of benzene rings is 1. The maximum Gasteiger partial charge on any atom is 0.247 e. The van der Waals surface area contributed by atoms with Crippen LogP contribution in [0.2, 0.25) is 0 Å². The maximum absolute atomic E-state index is 11.9. The van der Waals surface area contributed by atoms with Crippen LogP contribution in [0.4, 0.5) is 0 Å². The number of hydrogen-bond donors (Lipinski definition) is 0. The number of hydrogen-bond acceptors (Lipinski definition) is 4. The van der Waals surface area contributed by atoms with Crippen LogP contribution in [-0.4, -0.2) is 53.7 Å². The predicted molar refractivity (Wildman–Crippen MR) is 93.4 cm³/mol. The molecule has 124 valence electrons. The Morgan fingerprint density at radius 2 is 2.04 bits per heavy atom. The van der Waals surface area contributed by atoms with Gasteiger partial charge in [0.05, 0.1) is 17.5 Å². The van der Waals surface area contributed by atoms with Crippen molar-refractivity contribution in [3.05, 3.63) is 35.9 Å². The van der Waals surface area contributed by atoms with Crippen LogP contribution in [0.3, 0.4) is 0 Å². The molecule has 0 N–H and O–H groups in total. The zero-order chi connectivity index (χ0) is 16.4. The van der Waals surface area contributed by atoms with Crippen LogP contribution < -0.4 is 0 Å². The number of carbonyl (C=O) groups is 1. The topological polar surface area (TPSA) is 66.8 Å². The third kappa shape index (κ3) is 3.77. The normalized spacial score (nSPS) is 27.3. The van der Waals surface area contributed by atoms with Crippen molar-refractivity contribution in [3.63, 3.8) is 0 Å². The summed E-state index contributed by atoms with van der Waals surface area (Å²) >= 11 is 1.45. The van der Waals surface area contributed by atoms with Gasteiger partial charge >= 0.3 is 0 Å². The first kappa shape index (κ1) is 16.5. The number of thioether (sulfide) groups is 1. The first-order chi connectivity index (χ1) is 11.0. The van der Waals surface area contributed by atoms with Gasteiger partial charge in [0, 0.05) is 18.2 Å². The van der Waals surface area contributed by atoms with E-state index in [4.69, 9.17) is 0 Å². The molecule has 1 aromatic carbocycles. The molecule has 5 nitrogen and oxygen atoms in total. The molecular weight excluding hydrogens is 332 g/mol. The third-order valence-corrected chi connectivity index (χ3v) is 7.43. The van der Waals surface area contributed by atoms with Crippen molar-refractivity contribution in [2.24, 2.45) is 4.99 Å². The Morgan fingerprint density at radius 1 is 1.30 bits per heavy atom. The van der Waals surface area contributed by atoms with Gasteiger partial charge in [0.1, 0.15) is 0 Å². The van der Waals surface area contributed by atoms with E-state index in [1.165, 1.54) is 17.3 Å². The van der Waals surface area contributed by atoms with Crippen LogP contribution >= 0.6 is 11.8 Å². The lowest BCUT2D eigenvalue weighted by molar-refractivity contribution is -0.117. The van der Waals surface area contributed by atoms with E-state index in [0.717, 1.165) is 6.42 Å². The third-order valence-electron chi connectivity index (χ3n) is 4.18. The second kappa shape index (κ2) is 6.65. The predicted octanol–water partition coefficient (Wildman–Crippen LogP) is 1.74. The summed E-state index contributed by atoms with van der Waals surface area (Å²) in [7, 11) is -2.98. The highest BCUT2D eigenvalue weighted by Crippen LogP contribution is 2.38. The summed E-state index contributed by atoms with van der Waals surface area (Å²) in [5, 5.41) is 0.692. The Balaban J connectivity index is 1.79.